The molecule has 0 radical (unpaired) electrons. The summed E-state index contributed by atoms with van der Waals surface area (Å²) in [6.45, 7) is 0. The minimum absolute atomic E-state index is 0.0172. The Kier molecular flexibility index (Phi) is 4.76. The summed E-state index contributed by atoms with van der Waals surface area (Å²) in [5.74, 6) is -0.473. The lowest BCUT2D eigenvalue weighted by Crippen LogP contribution is -2.48. The number of carbonyl (C=O) groups excluding carboxylic acids is 3. The average Bonchev–Trinajstić information content (AvgIpc) is 2.94. The number of imide groups is 1. The third-order valence-electron chi connectivity index (χ3n) is 3.87. The van der Waals surface area contributed by atoms with E-state index in [0.717, 1.165) is 4.90 Å². The molecule has 3 rings (SSSR count). The molecule has 0 aromatic heterocycles. The fourth-order valence-electron chi connectivity index (χ4n) is 2.56. The van der Waals surface area contributed by atoms with Crippen LogP contribution >= 0.6 is 0 Å². The highest BCUT2D eigenvalue weighted by atomic mass is 16.5. The molecule has 1 aliphatic rings. The second-order valence-electron chi connectivity index (χ2n) is 5.49. The van der Waals surface area contributed by atoms with E-state index in [1.54, 1.807) is 54.6 Å². The summed E-state index contributed by atoms with van der Waals surface area (Å²) in [5, 5.41) is 0. The molecule has 0 bridgehead atoms. The van der Waals surface area contributed by atoms with Gasteiger partial charge in [0.1, 0.15) is 11.8 Å². The van der Waals surface area contributed by atoms with Crippen molar-refractivity contribution in [2.45, 2.75) is 12.5 Å². The van der Waals surface area contributed by atoms with Crippen molar-refractivity contribution in [3.05, 3.63) is 60.2 Å². The number of ether oxygens (including phenoxy) is 1. The normalized spacial score (nSPS) is 16.8. The maximum absolute atomic E-state index is 12.4. The van der Waals surface area contributed by atoms with Crippen molar-refractivity contribution < 1.29 is 19.1 Å². The Bertz CT molecular complexity index is 790. The number of benzene rings is 2. The first-order chi connectivity index (χ1) is 12.1. The number of hydrogen-bond acceptors (Lipinski definition) is 5. The molecule has 1 atom stereocenters. The van der Waals surface area contributed by atoms with Crippen molar-refractivity contribution in [3.63, 3.8) is 0 Å². The van der Waals surface area contributed by atoms with Crippen LogP contribution in [-0.4, -0.2) is 30.9 Å². The molecule has 2 N–H and O–H groups in total. The van der Waals surface area contributed by atoms with Gasteiger partial charge in [-0.15, -0.1) is 0 Å². The molecule has 3 amide bonds. The second-order valence-corrected chi connectivity index (χ2v) is 5.49. The van der Waals surface area contributed by atoms with E-state index in [1.807, 2.05) is 0 Å². The number of hydrogen-bond donors (Lipinski definition) is 2. The number of nitrogens with zero attached hydrogens (tertiary/aromatic N) is 1. The molecule has 1 aliphatic heterocycles. The van der Waals surface area contributed by atoms with Crippen LogP contribution in [-0.2, 0) is 9.59 Å². The Morgan fingerprint density at radius 2 is 1.76 bits per heavy atom. The van der Waals surface area contributed by atoms with Crippen molar-refractivity contribution >= 4 is 23.4 Å². The maximum Gasteiger partial charge on any atom is 0.265 e. The molecule has 0 spiro atoms. The van der Waals surface area contributed by atoms with Crippen LogP contribution in [0.4, 0.5) is 5.69 Å². The van der Waals surface area contributed by atoms with Gasteiger partial charge in [-0.2, -0.15) is 0 Å². The minimum atomic E-state index is -0.796. The van der Waals surface area contributed by atoms with Gasteiger partial charge in [0, 0.05) is 5.56 Å². The number of para-hydroxylation sites is 1. The van der Waals surface area contributed by atoms with Gasteiger partial charge >= 0.3 is 0 Å². The lowest BCUT2D eigenvalue weighted by atomic mass is 10.2. The molecule has 128 valence electrons. The Morgan fingerprint density at radius 1 is 1.08 bits per heavy atom. The number of anilines is 1. The molecule has 2 aromatic carbocycles. The van der Waals surface area contributed by atoms with Crippen LogP contribution in [0.15, 0.2) is 54.6 Å². The van der Waals surface area contributed by atoms with Crippen molar-refractivity contribution in [1.82, 2.24) is 10.9 Å². The Labute approximate surface area is 144 Å². The van der Waals surface area contributed by atoms with Crippen molar-refractivity contribution in [3.8, 4) is 5.75 Å². The molecular weight excluding hydrogens is 322 g/mol. The van der Waals surface area contributed by atoms with Crippen molar-refractivity contribution in [2.24, 2.45) is 0 Å². The number of carbonyl (C=O) groups is 3. The summed E-state index contributed by atoms with van der Waals surface area (Å²) >= 11 is 0. The fourth-order valence-corrected chi connectivity index (χ4v) is 2.56. The molecule has 7 heteroatoms. The van der Waals surface area contributed by atoms with E-state index in [-0.39, 0.29) is 12.3 Å². The summed E-state index contributed by atoms with van der Waals surface area (Å²) in [7, 11) is 1.54. The van der Waals surface area contributed by atoms with Crippen LogP contribution in [0, 0.1) is 0 Å². The number of amides is 3. The number of hydrazine groups is 1. The zero-order valence-corrected chi connectivity index (χ0v) is 13.6. The number of rotatable bonds is 5. The quantitative estimate of drug-likeness (QED) is 0.632. The molecule has 1 fully saturated rings. The highest BCUT2D eigenvalue weighted by Crippen LogP contribution is 2.22. The molecule has 2 aromatic rings. The number of nitrogens with one attached hydrogen (secondary N) is 2. The molecule has 7 nitrogen and oxygen atoms in total. The standard InChI is InChI=1S/C18H17N3O4/c1-25-14-9-7-12(8-10-14)17(23)20-19-15-11-16(22)21(18(15)24)13-5-3-2-4-6-13/h2-10,15,19H,11H2,1H3,(H,20,23)/t15-/m1/s1. The molecule has 0 saturated carbocycles. The van der Waals surface area contributed by atoms with Gasteiger partial charge in [-0.3, -0.25) is 19.8 Å². The predicted molar refractivity (Wildman–Crippen MR) is 90.9 cm³/mol. The zero-order chi connectivity index (χ0) is 17.8. The monoisotopic (exact) mass is 339 g/mol. The second kappa shape index (κ2) is 7.14. The van der Waals surface area contributed by atoms with Gasteiger partial charge in [0.05, 0.1) is 19.2 Å². The molecule has 0 unspecified atom stereocenters. The van der Waals surface area contributed by atoms with Crippen molar-refractivity contribution in [2.75, 3.05) is 12.0 Å². The average molecular weight is 339 g/mol. The lowest BCUT2D eigenvalue weighted by molar-refractivity contribution is -0.121. The molecule has 0 aliphatic carbocycles. The van der Waals surface area contributed by atoms with Crippen LogP contribution in [0.25, 0.3) is 0 Å². The first-order valence-electron chi connectivity index (χ1n) is 7.72. The largest absolute Gasteiger partial charge is 0.497 e. The van der Waals surface area contributed by atoms with E-state index in [0.29, 0.717) is 17.0 Å². The summed E-state index contributed by atoms with van der Waals surface area (Å²) in [4.78, 5) is 37.8. The lowest BCUT2D eigenvalue weighted by Gasteiger charge is -2.15. The van der Waals surface area contributed by atoms with Crippen LogP contribution in [0.5, 0.6) is 5.75 Å². The smallest absolute Gasteiger partial charge is 0.265 e. The topological polar surface area (TPSA) is 87.7 Å². The molecule has 25 heavy (non-hydrogen) atoms. The van der Waals surface area contributed by atoms with Crippen LogP contribution in [0.2, 0.25) is 0 Å². The molecule has 1 heterocycles. The van der Waals surface area contributed by atoms with E-state index >= 15 is 0 Å². The van der Waals surface area contributed by atoms with Gasteiger partial charge in [-0.05, 0) is 36.4 Å². The van der Waals surface area contributed by atoms with Crippen molar-refractivity contribution in [1.29, 1.82) is 0 Å². The van der Waals surface area contributed by atoms with Crippen LogP contribution < -0.4 is 20.5 Å². The van der Waals surface area contributed by atoms with Crippen LogP contribution in [0.1, 0.15) is 16.8 Å². The van der Waals surface area contributed by atoms with Gasteiger partial charge in [-0.1, -0.05) is 18.2 Å². The van der Waals surface area contributed by atoms with Gasteiger partial charge in [0.2, 0.25) is 5.91 Å². The Hall–Kier alpha value is -3.19. The maximum atomic E-state index is 12.4. The van der Waals surface area contributed by atoms with Gasteiger partial charge in [-0.25, -0.2) is 10.3 Å². The first kappa shape index (κ1) is 16.7. The summed E-state index contributed by atoms with van der Waals surface area (Å²) in [5.41, 5.74) is 6.04. The zero-order valence-electron chi connectivity index (χ0n) is 13.6. The summed E-state index contributed by atoms with van der Waals surface area (Å²) in [6.07, 6.45) is -0.0172. The fraction of sp³-hybridized carbons (Fsp3) is 0.167. The Morgan fingerprint density at radius 3 is 2.40 bits per heavy atom. The van der Waals surface area contributed by atoms with Gasteiger partial charge in [0.25, 0.3) is 11.8 Å². The Balaban J connectivity index is 1.62. The molecular formula is C18H17N3O4. The minimum Gasteiger partial charge on any atom is -0.497 e. The first-order valence-corrected chi connectivity index (χ1v) is 7.72. The van der Waals surface area contributed by atoms with E-state index in [2.05, 4.69) is 10.9 Å². The SMILES string of the molecule is COc1ccc(C(=O)NN[C@@H]2CC(=O)N(c3ccccc3)C2=O)cc1. The van der Waals surface area contributed by atoms with Gasteiger partial charge < -0.3 is 4.74 Å². The predicted octanol–water partition coefficient (Wildman–Crippen LogP) is 1.26. The molecule has 1 saturated heterocycles. The van der Waals surface area contributed by atoms with E-state index < -0.39 is 17.9 Å². The van der Waals surface area contributed by atoms with Gasteiger partial charge in [0.15, 0.2) is 0 Å². The van der Waals surface area contributed by atoms with E-state index in [9.17, 15) is 14.4 Å². The summed E-state index contributed by atoms with van der Waals surface area (Å²) in [6, 6.07) is 14.4. The van der Waals surface area contributed by atoms with E-state index in [1.165, 1.54) is 7.11 Å². The highest BCUT2D eigenvalue weighted by Gasteiger charge is 2.39. The third-order valence-corrected chi connectivity index (χ3v) is 3.87. The highest BCUT2D eigenvalue weighted by molar-refractivity contribution is 6.22. The number of methoxy groups -OCH3 is 1. The van der Waals surface area contributed by atoms with Crippen LogP contribution in [0.3, 0.4) is 0 Å². The third kappa shape index (κ3) is 3.51. The van der Waals surface area contributed by atoms with E-state index in [4.69, 9.17) is 4.74 Å². The summed E-state index contributed by atoms with van der Waals surface area (Å²) < 4.78 is 5.03.